The summed E-state index contributed by atoms with van der Waals surface area (Å²) in [6.07, 6.45) is 2.86. The first kappa shape index (κ1) is 18.5. The van der Waals surface area contributed by atoms with Crippen molar-refractivity contribution in [3.05, 3.63) is 47.0 Å². The lowest BCUT2D eigenvalue weighted by molar-refractivity contribution is 0.0813. The molecule has 1 aliphatic heterocycles. The van der Waals surface area contributed by atoms with Crippen molar-refractivity contribution in [3.63, 3.8) is 0 Å². The number of likely N-dealkylation sites (tertiary alicyclic amines) is 1. The molecular formula is C24H26N2O3. The molecule has 150 valence electrons. The van der Waals surface area contributed by atoms with E-state index in [0.29, 0.717) is 12.0 Å². The van der Waals surface area contributed by atoms with Crippen molar-refractivity contribution < 1.29 is 14.7 Å². The van der Waals surface area contributed by atoms with Gasteiger partial charge >= 0.3 is 0 Å². The minimum absolute atomic E-state index is 0.0586. The van der Waals surface area contributed by atoms with E-state index in [1.165, 1.54) is 0 Å². The van der Waals surface area contributed by atoms with Gasteiger partial charge < -0.3 is 14.6 Å². The smallest absolute Gasteiger partial charge is 0.163 e. The normalized spacial score (nSPS) is 18.1. The average molecular weight is 390 g/mol. The molecule has 5 heteroatoms. The number of benzene rings is 2. The Kier molecular flexibility index (Phi) is 4.52. The number of carbonyl (C=O) groups excluding carboxylic acids is 2. The van der Waals surface area contributed by atoms with Crippen LogP contribution >= 0.6 is 0 Å². The molecule has 29 heavy (non-hydrogen) atoms. The van der Waals surface area contributed by atoms with E-state index in [4.69, 9.17) is 0 Å². The molecule has 3 aromatic rings. The maximum Gasteiger partial charge on any atom is 0.163 e. The van der Waals surface area contributed by atoms with Crippen LogP contribution < -0.4 is 0 Å². The molecule has 0 spiro atoms. The number of piperidine rings is 1. The summed E-state index contributed by atoms with van der Waals surface area (Å²) >= 11 is 0. The van der Waals surface area contributed by atoms with E-state index in [9.17, 15) is 14.7 Å². The number of aryl methyl sites for hydroxylation is 1. The van der Waals surface area contributed by atoms with Crippen molar-refractivity contribution in [2.75, 3.05) is 19.6 Å². The second-order valence-electron chi connectivity index (χ2n) is 8.42. The molecular weight excluding hydrogens is 364 g/mol. The molecule has 5 nitrogen and oxygen atoms in total. The number of Topliss-reactive ketones (excluding diaryl/α,β-unsaturated/α-hetero) is 2. The van der Waals surface area contributed by atoms with Crippen molar-refractivity contribution in [1.82, 2.24) is 9.47 Å². The van der Waals surface area contributed by atoms with Gasteiger partial charge in [-0.15, -0.1) is 0 Å². The Morgan fingerprint density at radius 1 is 1.07 bits per heavy atom. The first-order valence-corrected chi connectivity index (χ1v) is 10.6. The van der Waals surface area contributed by atoms with Gasteiger partial charge in [0.1, 0.15) is 0 Å². The number of aliphatic hydroxyl groups is 1. The lowest BCUT2D eigenvalue weighted by Gasteiger charge is -2.29. The minimum atomic E-state index is -0.162. The molecule has 2 aromatic carbocycles. The van der Waals surface area contributed by atoms with E-state index in [1.807, 2.05) is 18.2 Å². The van der Waals surface area contributed by atoms with Gasteiger partial charge in [0.05, 0.1) is 6.10 Å². The Morgan fingerprint density at radius 2 is 1.83 bits per heavy atom. The van der Waals surface area contributed by atoms with Crippen LogP contribution in [0.2, 0.25) is 0 Å². The minimum Gasteiger partial charge on any atom is -0.393 e. The van der Waals surface area contributed by atoms with E-state index in [2.05, 4.69) is 21.6 Å². The maximum absolute atomic E-state index is 12.3. The highest BCUT2D eigenvalue weighted by atomic mass is 16.3. The molecule has 0 bridgehead atoms. The Balaban J connectivity index is 1.62. The SMILES string of the molecule is CC(=O)c1ccc2c(c1)c1c3c(ccc1n2CCN1CCC(O)CC1)C(=O)CC3. The van der Waals surface area contributed by atoms with Crippen LogP contribution in [0.25, 0.3) is 21.8 Å². The fourth-order valence-corrected chi connectivity index (χ4v) is 5.00. The molecule has 5 rings (SSSR count). The third-order valence-electron chi connectivity index (χ3n) is 6.64. The maximum atomic E-state index is 12.3. The quantitative estimate of drug-likeness (QED) is 0.692. The standard InChI is InChI=1S/C24H26N2O3/c1-15(27)16-2-5-21-20(14-16)24-19-4-7-23(29)18(19)3-6-22(24)26(21)13-12-25-10-8-17(28)9-11-25/h2-3,5-6,14,17,28H,4,7-13H2,1H3. The van der Waals surface area contributed by atoms with Crippen LogP contribution in [-0.4, -0.2) is 51.9 Å². The number of aromatic nitrogens is 1. The first-order valence-electron chi connectivity index (χ1n) is 10.6. The Bertz CT molecular complexity index is 1140. The zero-order valence-electron chi connectivity index (χ0n) is 16.8. The summed E-state index contributed by atoms with van der Waals surface area (Å²) in [6, 6.07) is 10.0. The van der Waals surface area contributed by atoms with E-state index in [1.54, 1.807) is 6.92 Å². The Labute approximate surface area is 169 Å². The zero-order valence-corrected chi connectivity index (χ0v) is 16.8. The van der Waals surface area contributed by atoms with Crippen LogP contribution in [0.1, 0.15) is 52.5 Å². The molecule has 2 aliphatic rings. The zero-order chi connectivity index (χ0) is 20.1. The van der Waals surface area contributed by atoms with Gasteiger partial charge in [-0.05, 0) is 62.1 Å². The highest BCUT2D eigenvalue weighted by Gasteiger charge is 2.25. The third kappa shape index (κ3) is 3.09. The van der Waals surface area contributed by atoms with Gasteiger partial charge in [0.15, 0.2) is 11.6 Å². The van der Waals surface area contributed by atoms with E-state index in [-0.39, 0.29) is 17.7 Å². The van der Waals surface area contributed by atoms with Crippen LogP contribution in [0.3, 0.4) is 0 Å². The fourth-order valence-electron chi connectivity index (χ4n) is 5.00. The summed E-state index contributed by atoms with van der Waals surface area (Å²) in [4.78, 5) is 26.7. The molecule has 0 atom stereocenters. The second kappa shape index (κ2) is 7.08. The number of fused-ring (bicyclic) bond motifs is 5. The van der Waals surface area contributed by atoms with Gasteiger partial charge in [0, 0.05) is 65.5 Å². The third-order valence-corrected chi connectivity index (χ3v) is 6.64. The summed E-state index contributed by atoms with van der Waals surface area (Å²) in [5.41, 5.74) is 4.96. The van der Waals surface area contributed by atoms with Crippen LogP contribution in [0.4, 0.5) is 0 Å². The lowest BCUT2D eigenvalue weighted by Crippen LogP contribution is -2.37. The number of hydrogen-bond donors (Lipinski definition) is 1. The van der Waals surface area contributed by atoms with Crippen molar-refractivity contribution in [2.24, 2.45) is 0 Å². The summed E-state index contributed by atoms with van der Waals surface area (Å²) < 4.78 is 2.34. The van der Waals surface area contributed by atoms with Gasteiger partial charge in [0.25, 0.3) is 0 Å². The summed E-state index contributed by atoms with van der Waals surface area (Å²) in [5, 5.41) is 12.0. The number of hydrogen-bond acceptors (Lipinski definition) is 4. The van der Waals surface area contributed by atoms with Crippen molar-refractivity contribution in [3.8, 4) is 0 Å². The molecule has 0 unspecified atom stereocenters. The Hall–Kier alpha value is -2.50. The molecule has 1 aliphatic carbocycles. The summed E-state index contributed by atoms with van der Waals surface area (Å²) in [7, 11) is 0. The molecule has 1 saturated heterocycles. The second-order valence-corrected chi connectivity index (χ2v) is 8.42. The molecule has 0 radical (unpaired) electrons. The lowest BCUT2D eigenvalue weighted by atomic mass is 10.0. The van der Waals surface area contributed by atoms with E-state index in [0.717, 1.165) is 78.4 Å². The number of rotatable bonds is 4. The van der Waals surface area contributed by atoms with E-state index < -0.39 is 0 Å². The molecule has 2 heterocycles. The van der Waals surface area contributed by atoms with Crippen LogP contribution in [0.5, 0.6) is 0 Å². The molecule has 1 aromatic heterocycles. The van der Waals surface area contributed by atoms with E-state index >= 15 is 0 Å². The summed E-state index contributed by atoms with van der Waals surface area (Å²) in [5.74, 6) is 0.278. The van der Waals surface area contributed by atoms with Crippen LogP contribution in [0, 0.1) is 0 Å². The molecule has 0 saturated carbocycles. The highest BCUT2D eigenvalue weighted by molar-refractivity contribution is 6.16. The van der Waals surface area contributed by atoms with Gasteiger partial charge in [-0.3, -0.25) is 9.59 Å². The van der Waals surface area contributed by atoms with Gasteiger partial charge in [-0.25, -0.2) is 0 Å². The predicted octanol–water partition coefficient (Wildman–Crippen LogP) is 3.58. The largest absolute Gasteiger partial charge is 0.393 e. The predicted molar refractivity (Wildman–Crippen MR) is 114 cm³/mol. The first-order chi connectivity index (χ1) is 14.0. The van der Waals surface area contributed by atoms with Crippen LogP contribution in [-0.2, 0) is 13.0 Å². The number of aliphatic hydroxyl groups excluding tert-OH is 1. The van der Waals surface area contributed by atoms with Gasteiger partial charge in [-0.1, -0.05) is 0 Å². The number of nitrogens with zero attached hydrogens (tertiary/aromatic N) is 2. The van der Waals surface area contributed by atoms with Crippen LogP contribution in [0.15, 0.2) is 30.3 Å². The topological polar surface area (TPSA) is 62.5 Å². The molecule has 1 N–H and O–H groups in total. The average Bonchev–Trinajstić information content (AvgIpc) is 3.25. The fraction of sp³-hybridized carbons (Fsp3) is 0.417. The van der Waals surface area contributed by atoms with Crippen molar-refractivity contribution in [1.29, 1.82) is 0 Å². The molecule has 0 amide bonds. The van der Waals surface area contributed by atoms with Crippen molar-refractivity contribution >= 4 is 33.4 Å². The van der Waals surface area contributed by atoms with Gasteiger partial charge in [0.2, 0.25) is 0 Å². The number of ketones is 2. The Morgan fingerprint density at radius 3 is 2.59 bits per heavy atom. The number of carbonyl (C=O) groups is 2. The highest BCUT2D eigenvalue weighted by Crippen LogP contribution is 2.37. The monoisotopic (exact) mass is 390 g/mol. The van der Waals surface area contributed by atoms with Crippen molar-refractivity contribution in [2.45, 2.75) is 45.3 Å². The van der Waals surface area contributed by atoms with Gasteiger partial charge in [-0.2, -0.15) is 0 Å². The molecule has 1 fully saturated rings. The summed E-state index contributed by atoms with van der Waals surface area (Å²) in [6.45, 7) is 5.23.